The highest BCUT2D eigenvalue weighted by atomic mass is 19.4. The van der Waals surface area contributed by atoms with Crippen LogP contribution < -0.4 is 15.5 Å². The largest absolute Gasteiger partial charge is 0.471 e. The maximum Gasteiger partial charge on any atom is 0.421 e. The summed E-state index contributed by atoms with van der Waals surface area (Å²) >= 11 is 0. The fraction of sp³-hybridized carbons (Fsp3) is 0.464. The first-order chi connectivity index (χ1) is 19.3. The highest BCUT2D eigenvalue weighted by Gasteiger charge is 2.42. The number of hydrogen-bond donors (Lipinski definition) is 2. The van der Waals surface area contributed by atoms with Crippen LogP contribution in [-0.2, 0) is 15.7 Å². The minimum atomic E-state index is -4.61. The number of carbonyl (C=O) groups excluding carboxylic acids is 1. The van der Waals surface area contributed by atoms with E-state index in [1.807, 2.05) is 6.07 Å². The van der Waals surface area contributed by atoms with Crippen LogP contribution in [-0.4, -0.2) is 71.0 Å². The van der Waals surface area contributed by atoms with Crippen molar-refractivity contribution in [2.75, 3.05) is 48.8 Å². The minimum absolute atomic E-state index is 0.0971. The molecule has 0 unspecified atom stereocenters. The van der Waals surface area contributed by atoms with Gasteiger partial charge in [-0.25, -0.2) is 4.98 Å². The Morgan fingerprint density at radius 3 is 2.73 bits per heavy atom. The van der Waals surface area contributed by atoms with E-state index in [1.165, 1.54) is 41.8 Å². The first-order valence-corrected chi connectivity index (χ1v) is 13.6. The molecule has 1 aliphatic carbocycles. The van der Waals surface area contributed by atoms with E-state index >= 15 is 0 Å². The van der Waals surface area contributed by atoms with Gasteiger partial charge >= 0.3 is 6.18 Å². The van der Waals surface area contributed by atoms with Crippen molar-refractivity contribution in [1.82, 2.24) is 19.8 Å². The molecule has 3 fully saturated rings. The predicted molar refractivity (Wildman–Crippen MR) is 145 cm³/mol. The van der Waals surface area contributed by atoms with E-state index in [-0.39, 0.29) is 24.2 Å². The Morgan fingerprint density at radius 2 is 2.00 bits per heavy atom. The maximum atomic E-state index is 13.7. The Morgan fingerprint density at radius 1 is 1.15 bits per heavy atom. The van der Waals surface area contributed by atoms with Gasteiger partial charge in [-0.3, -0.25) is 9.69 Å². The summed E-state index contributed by atoms with van der Waals surface area (Å²) in [4.78, 5) is 26.6. The number of piperazine rings is 1. The van der Waals surface area contributed by atoms with Crippen LogP contribution in [0.2, 0.25) is 0 Å². The summed E-state index contributed by atoms with van der Waals surface area (Å²) in [5.74, 6) is -0.0408. The molecule has 2 N–H and O–H groups in total. The van der Waals surface area contributed by atoms with Gasteiger partial charge in [0.15, 0.2) is 0 Å². The molecule has 212 valence electrons. The minimum Gasteiger partial charge on any atom is -0.471 e. The molecule has 6 rings (SSSR count). The third-order valence-electron chi connectivity index (χ3n) is 8.00. The topological polar surface area (TPSA) is 85.9 Å². The zero-order valence-electron chi connectivity index (χ0n) is 22.2. The van der Waals surface area contributed by atoms with Gasteiger partial charge in [0.25, 0.3) is 5.91 Å². The molecule has 1 amide bonds. The van der Waals surface area contributed by atoms with Crippen molar-refractivity contribution < 1.29 is 22.7 Å². The summed E-state index contributed by atoms with van der Waals surface area (Å²) in [7, 11) is 2.18. The number of alkyl halides is 3. The van der Waals surface area contributed by atoms with Crippen LogP contribution in [0.25, 0.3) is 0 Å². The van der Waals surface area contributed by atoms with Gasteiger partial charge in [-0.2, -0.15) is 18.2 Å². The van der Waals surface area contributed by atoms with Crippen molar-refractivity contribution in [2.24, 2.45) is 0 Å². The number of benzene rings is 1. The summed E-state index contributed by atoms with van der Waals surface area (Å²) < 4.78 is 46.2. The first kappa shape index (κ1) is 26.4. The standard InChI is InChI=1S/C28H32F3N7O2/c1-36-16-21-13-20(36)17-38(21)19-5-6-24(22(14-19)18-3-4-18)34-27-33-15-23(28(29,30)31)26(35-27)32-8-2-9-37-10-12-40-11-7-25(37)39/h5-7,10-12,14-15,18,20-21H,2-4,8-9,13,16-17H2,1H3,(H2,32,33,34,35)/t20-,21-/m0/s1. The molecule has 0 spiro atoms. The average Bonchev–Trinajstić information content (AvgIpc) is 3.64. The number of likely N-dealkylation sites (tertiary alicyclic amines) is 1. The van der Waals surface area contributed by atoms with Gasteiger partial charge in [-0.15, -0.1) is 0 Å². The number of hydrogen-bond acceptors (Lipinski definition) is 8. The van der Waals surface area contributed by atoms with Crippen LogP contribution in [0.5, 0.6) is 0 Å². The predicted octanol–water partition coefficient (Wildman–Crippen LogP) is 4.65. The van der Waals surface area contributed by atoms with Crippen LogP contribution in [0.3, 0.4) is 0 Å². The van der Waals surface area contributed by atoms with Crippen molar-refractivity contribution in [3.63, 3.8) is 0 Å². The second-order valence-corrected chi connectivity index (χ2v) is 10.8. The first-order valence-electron chi connectivity index (χ1n) is 13.6. The molecule has 2 atom stereocenters. The van der Waals surface area contributed by atoms with Crippen molar-refractivity contribution in [3.8, 4) is 0 Å². The van der Waals surface area contributed by atoms with E-state index in [1.54, 1.807) is 0 Å². The second kappa shape index (κ2) is 10.6. The van der Waals surface area contributed by atoms with Gasteiger partial charge in [-0.1, -0.05) is 0 Å². The molecule has 4 heterocycles. The maximum absolute atomic E-state index is 13.7. The molecule has 4 aliphatic rings. The number of nitrogens with one attached hydrogen (secondary N) is 2. The Balaban J connectivity index is 1.16. The summed E-state index contributed by atoms with van der Waals surface area (Å²) in [5.41, 5.74) is 2.23. The molecule has 40 heavy (non-hydrogen) atoms. The number of nitrogens with zero attached hydrogens (tertiary/aromatic N) is 5. The van der Waals surface area contributed by atoms with Crippen molar-refractivity contribution in [1.29, 1.82) is 0 Å². The third kappa shape index (κ3) is 5.58. The highest BCUT2D eigenvalue weighted by molar-refractivity contribution is 5.88. The quantitative estimate of drug-likeness (QED) is 0.433. The van der Waals surface area contributed by atoms with Crippen molar-refractivity contribution in [2.45, 2.75) is 49.9 Å². The van der Waals surface area contributed by atoms with E-state index in [0.29, 0.717) is 31.0 Å². The number of carbonyl (C=O) groups is 1. The van der Waals surface area contributed by atoms with E-state index in [4.69, 9.17) is 4.74 Å². The molecule has 0 radical (unpaired) electrons. The summed E-state index contributed by atoms with van der Waals surface area (Å²) in [6, 6.07) is 7.41. The van der Waals surface area contributed by atoms with Gasteiger partial charge in [0, 0.05) is 68.1 Å². The molecule has 9 nitrogen and oxygen atoms in total. The van der Waals surface area contributed by atoms with E-state index < -0.39 is 11.7 Å². The summed E-state index contributed by atoms with van der Waals surface area (Å²) in [6.07, 6.45) is 5.37. The third-order valence-corrected chi connectivity index (χ3v) is 8.00. The SMILES string of the molecule is CN1C[C@@H]2C[C@H]1CN2c1ccc(Nc2ncc(C(F)(F)F)c(NCCCN3C=COC=CC3=O)n2)c(C2CC2)c1. The number of ether oxygens (including phenoxy) is 1. The number of halogens is 3. The number of amides is 1. The van der Waals surface area contributed by atoms with E-state index in [2.05, 4.69) is 49.6 Å². The number of anilines is 4. The Bertz CT molecular complexity index is 1330. The lowest BCUT2D eigenvalue weighted by atomic mass is 10.1. The normalized spacial score (nSPS) is 22.6. The molecule has 1 aromatic carbocycles. The molecular formula is C28H32F3N7O2. The fourth-order valence-electron chi connectivity index (χ4n) is 5.72. The lowest BCUT2D eigenvalue weighted by Crippen LogP contribution is -2.44. The van der Waals surface area contributed by atoms with Crippen molar-refractivity contribution in [3.05, 3.63) is 60.3 Å². The van der Waals surface area contributed by atoms with E-state index in [0.717, 1.165) is 43.4 Å². The molecular weight excluding hydrogens is 523 g/mol. The van der Waals surface area contributed by atoms with Crippen LogP contribution in [0, 0.1) is 0 Å². The monoisotopic (exact) mass is 555 g/mol. The zero-order valence-corrected chi connectivity index (χ0v) is 22.2. The summed E-state index contributed by atoms with van der Waals surface area (Å²) in [6.45, 7) is 2.56. The second-order valence-electron chi connectivity index (χ2n) is 10.8. The molecule has 1 saturated carbocycles. The van der Waals surface area contributed by atoms with Crippen LogP contribution in [0.1, 0.15) is 42.7 Å². The van der Waals surface area contributed by atoms with Gasteiger partial charge < -0.3 is 25.2 Å². The molecule has 12 heteroatoms. The Hall–Kier alpha value is -3.80. The van der Waals surface area contributed by atoms with Gasteiger partial charge in [0.1, 0.15) is 17.6 Å². The van der Waals surface area contributed by atoms with Gasteiger partial charge in [0.2, 0.25) is 5.95 Å². The molecule has 1 aromatic heterocycles. The van der Waals surface area contributed by atoms with Crippen LogP contribution >= 0.6 is 0 Å². The molecule has 2 aromatic rings. The van der Waals surface area contributed by atoms with Crippen LogP contribution in [0.15, 0.2) is 49.2 Å². The number of fused-ring (bicyclic) bond motifs is 2. The number of rotatable bonds is 9. The average molecular weight is 556 g/mol. The van der Waals surface area contributed by atoms with Gasteiger partial charge in [-0.05, 0) is 62.4 Å². The Labute approximate surface area is 230 Å². The molecule has 3 aliphatic heterocycles. The van der Waals surface area contributed by atoms with E-state index in [9.17, 15) is 18.0 Å². The van der Waals surface area contributed by atoms with Gasteiger partial charge in [0.05, 0.1) is 6.26 Å². The fourth-order valence-corrected chi connectivity index (χ4v) is 5.72. The summed E-state index contributed by atoms with van der Waals surface area (Å²) in [5, 5.41) is 5.98. The highest BCUT2D eigenvalue weighted by Crippen LogP contribution is 2.46. The molecule has 2 bridgehead atoms. The molecule has 2 saturated heterocycles. The smallest absolute Gasteiger partial charge is 0.421 e. The lowest BCUT2D eigenvalue weighted by molar-refractivity contribution is -0.137. The number of likely N-dealkylation sites (N-methyl/N-ethyl adjacent to an activating group) is 1. The Kier molecular flexibility index (Phi) is 7.03. The zero-order chi connectivity index (χ0) is 27.9. The van der Waals surface area contributed by atoms with Crippen LogP contribution in [0.4, 0.5) is 36.3 Å². The van der Waals surface area contributed by atoms with Crippen molar-refractivity contribution >= 4 is 29.0 Å². The number of aromatic nitrogens is 2. The lowest BCUT2D eigenvalue weighted by Gasteiger charge is -2.34.